The fraction of sp³-hybridized carbons (Fsp3) is 0.389. The lowest BCUT2D eigenvalue weighted by molar-refractivity contribution is 0.0939. The standard InChI is InChI=1S/C18H23N3O2/c1-13-17(7-8-19-13)18(23)20-10-15-9-16(22)12-21(15)11-14-5-3-2-4-6-14/h2-8,15-16,19,22H,9-12H2,1H3,(H,20,23). The number of H-pyrrole nitrogens is 1. The first-order valence-electron chi connectivity index (χ1n) is 8.01. The molecule has 2 aromatic rings. The lowest BCUT2D eigenvalue weighted by atomic mass is 10.1. The predicted octanol–water partition coefficient (Wildman–Crippen LogP) is 1.69. The topological polar surface area (TPSA) is 68.4 Å². The van der Waals surface area contributed by atoms with Gasteiger partial charge in [0.25, 0.3) is 5.91 Å². The number of β-amino-alcohol motifs (C(OH)–C–C–N with tert-alkyl or cyclic N) is 1. The Morgan fingerprint density at radius 2 is 2.13 bits per heavy atom. The van der Waals surface area contributed by atoms with Crippen molar-refractivity contribution in [3.05, 3.63) is 59.4 Å². The van der Waals surface area contributed by atoms with Gasteiger partial charge < -0.3 is 15.4 Å². The molecule has 3 rings (SSSR count). The van der Waals surface area contributed by atoms with Gasteiger partial charge >= 0.3 is 0 Å². The van der Waals surface area contributed by atoms with Crippen LogP contribution in [-0.4, -0.2) is 46.1 Å². The lowest BCUT2D eigenvalue weighted by Crippen LogP contribution is -2.39. The van der Waals surface area contributed by atoms with E-state index in [0.717, 1.165) is 12.2 Å². The molecule has 1 amide bonds. The molecule has 122 valence electrons. The van der Waals surface area contributed by atoms with Gasteiger partial charge in [0.05, 0.1) is 11.7 Å². The largest absolute Gasteiger partial charge is 0.392 e. The van der Waals surface area contributed by atoms with Gasteiger partial charge in [0.15, 0.2) is 0 Å². The molecule has 2 heterocycles. The fourth-order valence-corrected chi connectivity index (χ4v) is 3.19. The van der Waals surface area contributed by atoms with Gasteiger partial charge in [-0.1, -0.05) is 30.3 Å². The molecule has 0 aliphatic carbocycles. The molecular formula is C18H23N3O2. The minimum Gasteiger partial charge on any atom is -0.392 e. The molecule has 23 heavy (non-hydrogen) atoms. The third-order valence-electron chi connectivity index (χ3n) is 4.43. The molecule has 1 saturated heterocycles. The second-order valence-electron chi connectivity index (χ2n) is 6.18. The van der Waals surface area contributed by atoms with Gasteiger partial charge in [-0.05, 0) is 25.0 Å². The molecule has 0 bridgehead atoms. The van der Waals surface area contributed by atoms with Crippen LogP contribution in [0.1, 0.15) is 28.0 Å². The average molecular weight is 313 g/mol. The number of hydrogen-bond acceptors (Lipinski definition) is 3. The monoisotopic (exact) mass is 313 g/mol. The van der Waals surface area contributed by atoms with Crippen molar-refractivity contribution in [2.75, 3.05) is 13.1 Å². The number of amides is 1. The third-order valence-corrected chi connectivity index (χ3v) is 4.43. The van der Waals surface area contributed by atoms with E-state index in [1.807, 2.05) is 25.1 Å². The number of rotatable bonds is 5. The smallest absolute Gasteiger partial charge is 0.253 e. The summed E-state index contributed by atoms with van der Waals surface area (Å²) in [7, 11) is 0. The maximum absolute atomic E-state index is 12.2. The fourth-order valence-electron chi connectivity index (χ4n) is 3.19. The summed E-state index contributed by atoms with van der Waals surface area (Å²) in [6.45, 7) is 3.88. The lowest BCUT2D eigenvalue weighted by Gasteiger charge is -2.24. The molecule has 1 fully saturated rings. The molecule has 0 spiro atoms. The van der Waals surface area contributed by atoms with Crippen LogP contribution in [0.15, 0.2) is 42.6 Å². The van der Waals surface area contributed by atoms with E-state index in [1.165, 1.54) is 5.56 Å². The number of likely N-dealkylation sites (tertiary alicyclic amines) is 1. The number of benzene rings is 1. The Morgan fingerprint density at radius 1 is 1.35 bits per heavy atom. The van der Waals surface area contributed by atoms with E-state index < -0.39 is 0 Å². The van der Waals surface area contributed by atoms with Crippen molar-refractivity contribution in [2.45, 2.75) is 32.0 Å². The van der Waals surface area contributed by atoms with Gasteiger partial charge in [0.2, 0.25) is 0 Å². The molecule has 2 atom stereocenters. The van der Waals surface area contributed by atoms with Crippen LogP contribution in [0.25, 0.3) is 0 Å². The number of carbonyl (C=O) groups excluding carboxylic acids is 1. The van der Waals surface area contributed by atoms with Gasteiger partial charge in [0, 0.05) is 37.6 Å². The zero-order valence-electron chi connectivity index (χ0n) is 13.3. The zero-order chi connectivity index (χ0) is 16.2. The summed E-state index contributed by atoms with van der Waals surface area (Å²) in [6, 6.07) is 12.2. The van der Waals surface area contributed by atoms with Crippen molar-refractivity contribution in [3.8, 4) is 0 Å². The number of nitrogens with zero attached hydrogens (tertiary/aromatic N) is 1. The van der Waals surface area contributed by atoms with Crippen LogP contribution in [0.2, 0.25) is 0 Å². The number of hydrogen-bond donors (Lipinski definition) is 3. The highest BCUT2D eigenvalue weighted by Crippen LogP contribution is 2.20. The summed E-state index contributed by atoms with van der Waals surface area (Å²) in [5.41, 5.74) is 2.77. The first-order valence-corrected chi connectivity index (χ1v) is 8.01. The van der Waals surface area contributed by atoms with E-state index in [2.05, 4.69) is 27.3 Å². The SMILES string of the molecule is Cc1[nH]ccc1C(=O)NCC1CC(O)CN1Cc1ccccc1. The first-order chi connectivity index (χ1) is 11.1. The van der Waals surface area contributed by atoms with E-state index in [4.69, 9.17) is 0 Å². The molecule has 1 aromatic carbocycles. The number of aliphatic hydroxyl groups excluding tert-OH is 1. The highest BCUT2D eigenvalue weighted by atomic mass is 16.3. The number of nitrogens with one attached hydrogen (secondary N) is 2. The van der Waals surface area contributed by atoms with Crippen molar-refractivity contribution in [1.82, 2.24) is 15.2 Å². The van der Waals surface area contributed by atoms with Gasteiger partial charge in [-0.25, -0.2) is 0 Å². The van der Waals surface area contributed by atoms with Crippen molar-refractivity contribution in [3.63, 3.8) is 0 Å². The summed E-state index contributed by atoms with van der Waals surface area (Å²) in [5.74, 6) is -0.0650. The van der Waals surface area contributed by atoms with Crippen molar-refractivity contribution in [2.24, 2.45) is 0 Å². The highest BCUT2D eigenvalue weighted by molar-refractivity contribution is 5.95. The second kappa shape index (κ2) is 6.98. The molecule has 0 saturated carbocycles. The summed E-state index contributed by atoms with van der Waals surface area (Å²) in [6.07, 6.45) is 2.14. The molecule has 1 aliphatic heterocycles. The molecular weight excluding hydrogens is 290 g/mol. The summed E-state index contributed by atoms with van der Waals surface area (Å²) in [5, 5.41) is 13.0. The molecule has 0 radical (unpaired) electrons. The molecule has 1 aromatic heterocycles. The minimum absolute atomic E-state index is 0.0650. The first kappa shape index (κ1) is 15.8. The Bertz CT molecular complexity index is 653. The minimum atomic E-state index is -0.324. The van der Waals surface area contributed by atoms with Gasteiger partial charge in [-0.2, -0.15) is 0 Å². The van der Waals surface area contributed by atoms with Gasteiger partial charge in [-0.3, -0.25) is 9.69 Å². The number of aromatic amines is 1. The number of aryl methyl sites for hydroxylation is 1. The Labute approximate surface area is 136 Å². The quantitative estimate of drug-likeness (QED) is 0.787. The summed E-state index contributed by atoms with van der Waals surface area (Å²) >= 11 is 0. The van der Waals surface area contributed by atoms with Crippen LogP contribution < -0.4 is 5.32 Å². The number of carbonyl (C=O) groups is 1. The second-order valence-corrected chi connectivity index (χ2v) is 6.18. The molecule has 3 N–H and O–H groups in total. The maximum atomic E-state index is 12.2. The third kappa shape index (κ3) is 3.81. The number of aliphatic hydroxyl groups is 1. The van der Waals surface area contributed by atoms with Crippen LogP contribution in [0.3, 0.4) is 0 Å². The maximum Gasteiger partial charge on any atom is 0.253 e. The van der Waals surface area contributed by atoms with Crippen molar-refractivity contribution in [1.29, 1.82) is 0 Å². The van der Waals surface area contributed by atoms with Crippen LogP contribution >= 0.6 is 0 Å². The zero-order valence-corrected chi connectivity index (χ0v) is 13.3. The molecule has 5 heteroatoms. The van der Waals surface area contributed by atoms with Crippen LogP contribution in [0.5, 0.6) is 0 Å². The Balaban J connectivity index is 1.59. The van der Waals surface area contributed by atoms with Crippen LogP contribution in [-0.2, 0) is 6.54 Å². The predicted molar refractivity (Wildman–Crippen MR) is 89.1 cm³/mol. The molecule has 2 unspecified atom stereocenters. The van der Waals surface area contributed by atoms with E-state index in [-0.39, 0.29) is 18.1 Å². The van der Waals surface area contributed by atoms with E-state index in [1.54, 1.807) is 12.3 Å². The highest BCUT2D eigenvalue weighted by Gasteiger charge is 2.31. The molecule has 5 nitrogen and oxygen atoms in total. The van der Waals surface area contributed by atoms with Crippen LogP contribution in [0.4, 0.5) is 0 Å². The molecule has 1 aliphatic rings. The van der Waals surface area contributed by atoms with Gasteiger partial charge in [-0.15, -0.1) is 0 Å². The van der Waals surface area contributed by atoms with Crippen molar-refractivity contribution >= 4 is 5.91 Å². The Kier molecular flexibility index (Phi) is 4.79. The Morgan fingerprint density at radius 3 is 2.83 bits per heavy atom. The van der Waals surface area contributed by atoms with Crippen molar-refractivity contribution < 1.29 is 9.90 Å². The van der Waals surface area contributed by atoms with E-state index in [0.29, 0.717) is 25.1 Å². The van der Waals surface area contributed by atoms with E-state index in [9.17, 15) is 9.90 Å². The van der Waals surface area contributed by atoms with Crippen LogP contribution in [0, 0.1) is 6.92 Å². The Hall–Kier alpha value is -2.11. The summed E-state index contributed by atoms with van der Waals surface area (Å²) < 4.78 is 0. The van der Waals surface area contributed by atoms with E-state index >= 15 is 0 Å². The normalized spacial score (nSPS) is 21.5. The van der Waals surface area contributed by atoms with Gasteiger partial charge in [0.1, 0.15) is 0 Å². The summed E-state index contributed by atoms with van der Waals surface area (Å²) in [4.78, 5) is 17.5. The average Bonchev–Trinajstić information content (AvgIpc) is 3.12. The number of aromatic nitrogens is 1.